The van der Waals surface area contributed by atoms with Crippen molar-refractivity contribution < 1.29 is 0 Å². The first kappa shape index (κ1) is 17.2. The van der Waals surface area contributed by atoms with Gasteiger partial charge in [0.1, 0.15) is 0 Å². The molecule has 0 aromatic heterocycles. The van der Waals surface area contributed by atoms with Gasteiger partial charge in [-0.05, 0) is 55.1 Å². The van der Waals surface area contributed by atoms with E-state index >= 15 is 0 Å². The molecule has 0 heterocycles. The number of nitrogens with one attached hydrogen (secondary N) is 2. The number of nitrogens with zero attached hydrogens (tertiary/aromatic N) is 1. The van der Waals surface area contributed by atoms with E-state index in [2.05, 4.69) is 52.2 Å². The van der Waals surface area contributed by atoms with Gasteiger partial charge in [-0.2, -0.15) is 11.8 Å². The molecule has 1 fully saturated rings. The van der Waals surface area contributed by atoms with Crippen molar-refractivity contribution in [3.8, 4) is 0 Å². The lowest BCUT2D eigenvalue weighted by Crippen LogP contribution is -2.41. The SMILES string of the molecule is CN=C(NCCCCSC)NCC1(Cc2ccccc2)CC1. The maximum absolute atomic E-state index is 4.33. The zero-order chi connectivity index (χ0) is 15.7. The summed E-state index contributed by atoms with van der Waals surface area (Å²) in [5.74, 6) is 2.19. The van der Waals surface area contributed by atoms with E-state index in [4.69, 9.17) is 0 Å². The van der Waals surface area contributed by atoms with E-state index in [1.165, 1.54) is 43.4 Å². The Balaban J connectivity index is 1.69. The third-order valence-electron chi connectivity index (χ3n) is 4.30. The van der Waals surface area contributed by atoms with E-state index < -0.39 is 0 Å². The van der Waals surface area contributed by atoms with Crippen LogP contribution in [0.5, 0.6) is 0 Å². The summed E-state index contributed by atoms with van der Waals surface area (Å²) in [6, 6.07) is 10.8. The summed E-state index contributed by atoms with van der Waals surface area (Å²) >= 11 is 1.92. The maximum Gasteiger partial charge on any atom is 0.190 e. The Morgan fingerprint density at radius 1 is 1.18 bits per heavy atom. The van der Waals surface area contributed by atoms with Gasteiger partial charge < -0.3 is 10.6 Å². The average Bonchev–Trinajstić information content (AvgIpc) is 3.31. The van der Waals surface area contributed by atoms with Crippen LogP contribution in [0.2, 0.25) is 0 Å². The van der Waals surface area contributed by atoms with E-state index in [9.17, 15) is 0 Å². The van der Waals surface area contributed by atoms with Gasteiger partial charge in [-0.25, -0.2) is 0 Å². The topological polar surface area (TPSA) is 36.4 Å². The summed E-state index contributed by atoms with van der Waals surface area (Å²) in [5, 5.41) is 6.94. The fraction of sp³-hybridized carbons (Fsp3) is 0.611. The number of hydrogen-bond acceptors (Lipinski definition) is 2. The molecule has 0 radical (unpaired) electrons. The van der Waals surface area contributed by atoms with E-state index in [1.807, 2.05) is 18.8 Å². The van der Waals surface area contributed by atoms with Crippen LogP contribution in [0, 0.1) is 5.41 Å². The Morgan fingerprint density at radius 3 is 2.59 bits per heavy atom. The van der Waals surface area contributed by atoms with E-state index in [1.54, 1.807) is 0 Å². The molecule has 0 bridgehead atoms. The van der Waals surface area contributed by atoms with Crippen LogP contribution in [0.25, 0.3) is 0 Å². The summed E-state index contributed by atoms with van der Waals surface area (Å²) in [5.41, 5.74) is 1.89. The van der Waals surface area contributed by atoms with Gasteiger partial charge in [-0.15, -0.1) is 0 Å². The minimum atomic E-state index is 0.442. The highest BCUT2D eigenvalue weighted by atomic mass is 32.2. The second-order valence-electron chi connectivity index (χ2n) is 6.21. The Morgan fingerprint density at radius 2 is 1.95 bits per heavy atom. The van der Waals surface area contributed by atoms with Gasteiger partial charge in [-0.3, -0.25) is 4.99 Å². The summed E-state index contributed by atoms with van der Waals surface area (Å²) in [6.45, 7) is 2.03. The molecule has 1 aliphatic rings. The predicted molar refractivity (Wildman–Crippen MR) is 98.8 cm³/mol. The van der Waals surface area contributed by atoms with Crippen LogP contribution in [0.15, 0.2) is 35.3 Å². The van der Waals surface area contributed by atoms with E-state index in [0.717, 1.165) is 19.0 Å². The van der Waals surface area contributed by atoms with Crippen molar-refractivity contribution in [1.82, 2.24) is 10.6 Å². The van der Waals surface area contributed by atoms with Crippen LogP contribution in [-0.4, -0.2) is 38.1 Å². The average molecular weight is 320 g/mol. The molecule has 3 nitrogen and oxygen atoms in total. The molecule has 0 spiro atoms. The highest BCUT2D eigenvalue weighted by Crippen LogP contribution is 2.47. The van der Waals surface area contributed by atoms with Gasteiger partial charge in [0.2, 0.25) is 0 Å². The van der Waals surface area contributed by atoms with Crippen LogP contribution >= 0.6 is 11.8 Å². The molecule has 0 atom stereocenters. The third kappa shape index (κ3) is 5.91. The number of benzene rings is 1. The smallest absolute Gasteiger partial charge is 0.190 e. The minimum absolute atomic E-state index is 0.442. The van der Waals surface area contributed by atoms with Crippen molar-refractivity contribution in [1.29, 1.82) is 0 Å². The molecule has 2 rings (SSSR count). The monoisotopic (exact) mass is 319 g/mol. The fourth-order valence-corrected chi connectivity index (χ4v) is 3.18. The molecule has 0 aliphatic heterocycles. The Hall–Kier alpha value is -1.16. The molecule has 0 saturated heterocycles. The second kappa shape index (κ2) is 9.09. The number of guanidine groups is 1. The summed E-state index contributed by atoms with van der Waals surface area (Å²) < 4.78 is 0. The van der Waals surface area contributed by atoms with Gasteiger partial charge in [0, 0.05) is 20.1 Å². The van der Waals surface area contributed by atoms with Crippen LogP contribution < -0.4 is 10.6 Å². The van der Waals surface area contributed by atoms with Crippen LogP contribution in [0.3, 0.4) is 0 Å². The number of hydrogen-bond donors (Lipinski definition) is 2. The van der Waals surface area contributed by atoms with Gasteiger partial charge in [0.25, 0.3) is 0 Å². The van der Waals surface area contributed by atoms with Crippen LogP contribution in [0.1, 0.15) is 31.2 Å². The molecule has 22 heavy (non-hydrogen) atoms. The number of rotatable bonds is 9. The number of unbranched alkanes of at least 4 members (excludes halogenated alkanes) is 1. The lowest BCUT2D eigenvalue weighted by molar-refractivity contribution is 0.492. The lowest BCUT2D eigenvalue weighted by Gasteiger charge is -2.18. The summed E-state index contributed by atoms with van der Waals surface area (Å²) in [7, 11) is 1.86. The normalized spacial score (nSPS) is 16.4. The van der Waals surface area contributed by atoms with Gasteiger partial charge in [0.15, 0.2) is 5.96 Å². The van der Waals surface area contributed by atoms with Crippen molar-refractivity contribution in [3.63, 3.8) is 0 Å². The first-order valence-electron chi connectivity index (χ1n) is 8.25. The maximum atomic E-state index is 4.33. The third-order valence-corrected chi connectivity index (χ3v) is 5.00. The second-order valence-corrected chi connectivity index (χ2v) is 7.20. The highest BCUT2D eigenvalue weighted by Gasteiger charge is 2.42. The lowest BCUT2D eigenvalue weighted by atomic mass is 9.96. The molecule has 122 valence electrons. The Labute approximate surface area is 139 Å². The molecule has 0 unspecified atom stereocenters. The zero-order valence-corrected chi connectivity index (χ0v) is 14.7. The van der Waals surface area contributed by atoms with Crippen LogP contribution in [0.4, 0.5) is 0 Å². The molecule has 4 heteroatoms. The van der Waals surface area contributed by atoms with Crippen molar-refractivity contribution in [3.05, 3.63) is 35.9 Å². The number of thioether (sulfide) groups is 1. The molecular weight excluding hydrogens is 290 g/mol. The quantitative estimate of drug-likeness (QED) is 0.416. The Kier molecular flexibility index (Phi) is 7.10. The Bertz CT molecular complexity index is 455. The molecule has 1 aliphatic carbocycles. The van der Waals surface area contributed by atoms with Gasteiger partial charge >= 0.3 is 0 Å². The first-order valence-corrected chi connectivity index (χ1v) is 9.65. The van der Waals surface area contributed by atoms with E-state index in [-0.39, 0.29) is 0 Å². The number of aliphatic imine (C=N–C) groups is 1. The molecule has 1 aromatic rings. The van der Waals surface area contributed by atoms with Crippen molar-refractivity contribution in [2.75, 3.05) is 32.1 Å². The van der Waals surface area contributed by atoms with Crippen LogP contribution in [-0.2, 0) is 6.42 Å². The van der Waals surface area contributed by atoms with Gasteiger partial charge in [0.05, 0.1) is 0 Å². The van der Waals surface area contributed by atoms with E-state index in [0.29, 0.717) is 5.41 Å². The molecular formula is C18H29N3S. The first-order chi connectivity index (χ1) is 10.8. The van der Waals surface area contributed by atoms with Crippen molar-refractivity contribution in [2.45, 2.75) is 32.1 Å². The largest absolute Gasteiger partial charge is 0.356 e. The minimum Gasteiger partial charge on any atom is -0.356 e. The fourth-order valence-electron chi connectivity index (χ4n) is 2.69. The summed E-state index contributed by atoms with van der Waals surface area (Å²) in [6.07, 6.45) is 8.44. The molecule has 0 amide bonds. The standard InChI is InChI=1S/C18H29N3S/c1-19-17(20-12-6-7-13-22-2)21-15-18(10-11-18)14-16-8-4-3-5-9-16/h3-5,8-9H,6-7,10-15H2,1-2H3,(H2,19,20,21). The van der Waals surface area contributed by atoms with Gasteiger partial charge in [-0.1, -0.05) is 30.3 Å². The summed E-state index contributed by atoms with van der Waals surface area (Å²) in [4.78, 5) is 4.33. The predicted octanol–water partition coefficient (Wildman–Crippen LogP) is 3.32. The zero-order valence-electron chi connectivity index (χ0n) is 13.9. The van der Waals surface area contributed by atoms with Crippen molar-refractivity contribution in [2.24, 2.45) is 10.4 Å². The molecule has 1 saturated carbocycles. The van der Waals surface area contributed by atoms with Crippen molar-refractivity contribution >= 4 is 17.7 Å². The molecule has 2 N–H and O–H groups in total. The molecule has 1 aromatic carbocycles. The highest BCUT2D eigenvalue weighted by molar-refractivity contribution is 7.98.